The number of carbonyl (C=O) groups excluding carboxylic acids is 2. The minimum Gasteiger partial charge on any atom is -0.456 e. The standard InChI is InChI=1S/C21H23F3N2O5S/c1-2-26(14-16-7-4-3-5-8-16)19(27)15-31-20(28)11-12-25-32(29,30)18-10-6-9-17(13-18)21(22,23)24/h3-10,13,25H,2,11-12,14-15H2,1H3. The Bertz CT molecular complexity index is 1030. The average molecular weight is 472 g/mol. The molecule has 32 heavy (non-hydrogen) atoms. The summed E-state index contributed by atoms with van der Waals surface area (Å²) in [6, 6.07) is 12.5. The highest BCUT2D eigenvalue weighted by Gasteiger charge is 2.31. The van der Waals surface area contributed by atoms with Crippen LogP contribution in [0, 0.1) is 0 Å². The lowest BCUT2D eigenvalue weighted by Gasteiger charge is -2.20. The second kappa shape index (κ2) is 11.1. The first kappa shape index (κ1) is 25.3. The van der Waals surface area contributed by atoms with Crippen molar-refractivity contribution in [3.8, 4) is 0 Å². The molecule has 0 bridgehead atoms. The van der Waals surface area contributed by atoms with E-state index in [1.807, 2.05) is 35.1 Å². The molecule has 0 atom stereocenters. The lowest BCUT2D eigenvalue weighted by Crippen LogP contribution is -2.34. The van der Waals surface area contributed by atoms with Gasteiger partial charge in [-0.25, -0.2) is 13.1 Å². The number of halogens is 3. The molecule has 0 fully saturated rings. The molecule has 0 saturated carbocycles. The van der Waals surface area contributed by atoms with E-state index in [1.165, 1.54) is 4.90 Å². The third-order valence-corrected chi connectivity index (χ3v) is 5.86. The molecule has 0 unspecified atom stereocenters. The maximum atomic E-state index is 12.8. The van der Waals surface area contributed by atoms with Gasteiger partial charge in [0.05, 0.1) is 16.9 Å². The molecule has 0 heterocycles. The zero-order valence-electron chi connectivity index (χ0n) is 17.3. The van der Waals surface area contributed by atoms with Crippen molar-refractivity contribution in [2.45, 2.75) is 31.0 Å². The van der Waals surface area contributed by atoms with Crippen LogP contribution in [0.1, 0.15) is 24.5 Å². The van der Waals surface area contributed by atoms with Crippen molar-refractivity contribution in [1.82, 2.24) is 9.62 Å². The second-order valence-electron chi connectivity index (χ2n) is 6.73. The van der Waals surface area contributed by atoms with Gasteiger partial charge in [-0.15, -0.1) is 0 Å². The molecule has 1 amide bonds. The van der Waals surface area contributed by atoms with E-state index >= 15 is 0 Å². The number of rotatable bonds is 10. The van der Waals surface area contributed by atoms with Crippen molar-refractivity contribution in [1.29, 1.82) is 0 Å². The van der Waals surface area contributed by atoms with Crippen LogP contribution in [0.4, 0.5) is 13.2 Å². The van der Waals surface area contributed by atoms with E-state index in [1.54, 1.807) is 6.92 Å². The number of alkyl halides is 3. The summed E-state index contributed by atoms with van der Waals surface area (Å²) >= 11 is 0. The zero-order valence-corrected chi connectivity index (χ0v) is 18.1. The van der Waals surface area contributed by atoms with Gasteiger partial charge in [-0.2, -0.15) is 13.2 Å². The van der Waals surface area contributed by atoms with Crippen LogP contribution in [-0.2, 0) is 37.1 Å². The molecule has 0 aliphatic rings. The summed E-state index contributed by atoms with van der Waals surface area (Å²) in [6.45, 7) is 1.64. The Morgan fingerprint density at radius 3 is 2.38 bits per heavy atom. The summed E-state index contributed by atoms with van der Waals surface area (Å²) < 4.78 is 69.6. The van der Waals surface area contributed by atoms with Crippen molar-refractivity contribution in [2.75, 3.05) is 19.7 Å². The van der Waals surface area contributed by atoms with Crippen LogP contribution in [0.2, 0.25) is 0 Å². The SMILES string of the molecule is CCN(Cc1ccccc1)C(=O)COC(=O)CCNS(=O)(=O)c1cccc(C(F)(F)F)c1. The average Bonchev–Trinajstić information content (AvgIpc) is 2.76. The van der Waals surface area contributed by atoms with Gasteiger partial charge in [0.15, 0.2) is 6.61 Å². The Balaban J connectivity index is 1.82. The van der Waals surface area contributed by atoms with Gasteiger partial charge in [0.25, 0.3) is 5.91 Å². The molecular formula is C21H23F3N2O5S. The summed E-state index contributed by atoms with van der Waals surface area (Å²) in [5.41, 5.74) is -0.188. The van der Waals surface area contributed by atoms with Crippen LogP contribution in [0.5, 0.6) is 0 Å². The molecule has 1 N–H and O–H groups in total. The van der Waals surface area contributed by atoms with Crippen molar-refractivity contribution in [2.24, 2.45) is 0 Å². The van der Waals surface area contributed by atoms with Gasteiger partial charge in [-0.05, 0) is 30.7 Å². The van der Waals surface area contributed by atoms with Gasteiger partial charge < -0.3 is 9.64 Å². The first-order chi connectivity index (χ1) is 15.0. The number of sulfonamides is 1. The Kier molecular flexibility index (Phi) is 8.79. The number of ether oxygens (including phenoxy) is 1. The maximum absolute atomic E-state index is 12.8. The number of nitrogens with zero attached hydrogens (tertiary/aromatic N) is 1. The molecule has 2 aromatic carbocycles. The minimum atomic E-state index is -4.69. The molecule has 0 saturated heterocycles. The fourth-order valence-corrected chi connectivity index (χ4v) is 3.77. The fraction of sp³-hybridized carbons (Fsp3) is 0.333. The molecule has 11 heteroatoms. The molecule has 174 valence electrons. The highest BCUT2D eigenvalue weighted by Crippen LogP contribution is 2.30. The van der Waals surface area contributed by atoms with E-state index in [2.05, 4.69) is 0 Å². The van der Waals surface area contributed by atoms with Gasteiger partial charge in [0, 0.05) is 19.6 Å². The number of carbonyl (C=O) groups is 2. The topological polar surface area (TPSA) is 92.8 Å². The summed E-state index contributed by atoms with van der Waals surface area (Å²) in [4.78, 5) is 25.0. The molecule has 0 aromatic heterocycles. The quantitative estimate of drug-likeness (QED) is 0.537. The molecule has 0 aliphatic carbocycles. The maximum Gasteiger partial charge on any atom is 0.416 e. The Labute approximate surface area is 184 Å². The third kappa shape index (κ3) is 7.65. The van der Waals surface area contributed by atoms with Crippen LogP contribution in [0.3, 0.4) is 0 Å². The summed E-state index contributed by atoms with van der Waals surface area (Å²) in [5.74, 6) is -1.23. The van der Waals surface area contributed by atoms with Gasteiger partial charge >= 0.3 is 12.1 Å². The van der Waals surface area contributed by atoms with Crippen molar-refractivity contribution >= 4 is 21.9 Å². The monoisotopic (exact) mass is 472 g/mol. The van der Waals surface area contributed by atoms with Crippen LogP contribution in [-0.4, -0.2) is 44.9 Å². The van der Waals surface area contributed by atoms with Gasteiger partial charge in [-0.3, -0.25) is 9.59 Å². The van der Waals surface area contributed by atoms with Crippen LogP contribution >= 0.6 is 0 Å². The van der Waals surface area contributed by atoms with Crippen LogP contribution in [0.15, 0.2) is 59.5 Å². The normalized spacial score (nSPS) is 11.8. The molecule has 2 aromatic rings. The van der Waals surface area contributed by atoms with Gasteiger partial charge in [0.1, 0.15) is 0 Å². The number of nitrogens with one attached hydrogen (secondary N) is 1. The molecule has 7 nitrogen and oxygen atoms in total. The fourth-order valence-electron chi connectivity index (χ4n) is 2.70. The summed E-state index contributed by atoms with van der Waals surface area (Å²) in [7, 11) is -4.25. The highest BCUT2D eigenvalue weighted by molar-refractivity contribution is 7.89. The van der Waals surface area contributed by atoms with Crippen LogP contribution < -0.4 is 4.72 Å². The molecule has 0 radical (unpaired) electrons. The number of hydrogen-bond donors (Lipinski definition) is 1. The number of likely N-dealkylation sites (N-methyl/N-ethyl adjacent to an activating group) is 1. The van der Waals surface area contributed by atoms with Crippen LogP contribution in [0.25, 0.3) is 0 Å². The van der Waals surface area contributed by atoms with E-state index in [9.17, 15) is 31.2 Å². The predicted octanol–water partition coefficient (Wildman–Crippen LogP) is 2.97. The van der Waals surface area contributed by atoms with E-state index in [0.717, 1.165) is 23.8 Å². The number of esters is 1. The lowest BCUT2D eigenvalue weighted by atomic mass is 10.2. The zero-order chi connectivity index (χ0) is 23.8. The lowest BCUT2D eigenvalue weighted by molar-refractivity contribution is -0.152. The van der Waals surface area contributed by atoms with E-state index in [-0.39, 0.29) is 0 Å². The van der Waals surface area contributed by atoms with Crippen molar-refractivity contribution < 1.29 is 35.9 Å². The number of benzene rings is 2. The van der Waals surface area contributed by atoms with Gasteiger partial charge in [-0.1, -0.05) is 36.4 Å². The Morgan fingerprint density at radius 2 is 1.75 bits per heavy atom. The largest absolute Gasteiger partial charge is 0.456 e. The molecule has 0 spiro atoms. The Hall–Kier alpha value is -2.92. The number of amides is 1. The number of hydrogen-bond acceptors (Lipinski definition) is 5. The first-order valence-corrected chi connectivity index (χ1v) is 11.2. The molecule has 2 rings (SSSR count). The molecule has 0 aliphatic heterocycles. The summed E-state index contributed by atoms with van der Waals surface area (Å²) in [5, 5.41) is 0. The minimum absolute atomic E-state index is 0.352. The third-order valence-electron chi connectivity index (χ3n) is 4.40. The van der Waals surface area contributed by atoms with Gasteiger partial charge in [0.2, 0.25) is 10.0 Å². The highest BCUT2D eigenvalue weighted by atomic mass is 32.2. The summed E-state index contributed by atoms with van der Waals surface area (Å²) in [6.07, 6.45) is -5.08. The van der Waals surface area contributed by atoms with Crippen molar-refractivity contribution in [3.05, 3.63) is 65.7 Å². The van der Waals surface area contributed by atoms with E-state index < -0.39 is 58.1 Å². The molecular weight excluding hydrogens is 449 g/mol. The van der Waals surface area contributed by atoms with E-state index in [4.69, 9.17) is 4.74 Å². The predicted molar refractivity (Wildman–Crippen MR) is 110 cm³/mol. The smallest absolute Gasteiger partial charge is 0.416 e. The van der Waals surface area contributed by atoms with E-state index in [0.29, 0.717) is 19.2 Å². The first-order valence-electron chi connectivity index (χ1n) is 9.67. The van der Waals surface area contributed by atoms with Crippen molar-refractivity contribution in [3.63, 3.8) is 0 Å². The second-order valence-corrected chi connectivity index (χ2v) is 8.49. The Morgan fingerprint density at radius 1 is 1.06 bits per heavy atom.